The van der Waals surface area contributed by atoms with E-state index in [4.69, 9.17) is 4.74 Å². The summed E-state index contributed by atoms with van der Waals surface area (Å²) in [4.78, 5) is 95.9. The fourth-order valence-corrected chi connectivity index (χ4v) is 7.03. The summed E-state index contributed by atoms with van der Waals surface area (Å²) in [6.07, 6.45) is -4.68. The van der Waals surface area contributed by atoms with Crippen molar-refractivity contribution in [3.63, 3.8) is 0 Å². The Kier molecular flexibility index (Phi) is 20.2. The van der Waals surface area contributed by atoms with Crippen LogP contribution in [-0.4, -0.2) is 87.4 Å². The molecule has 0 atom stereocenters. The Hall–Kier alpha value is -3.92. The van der Waals surface area contributed by atoms with Crippen LogP contribution in [0.15, 0.2) is 0 Å². The Labute approximate surface area is 337 Å². The Morgan fingerprint density at radius 1 is 0.333 bits per heavy atom. The van der Waals surface area contributed by atoms with E-state index in [1.165, 1.54) is 13.8 Å². The number of carbonyl (C=O) groups excluding carboxylic acids is 7. The van der Waals surface area contributed by atoms with Gasteiger partial charge in [0.2, 0.25) is 29.5 Å². The van der Waals surface area contributed by atoms with Crippen LogP contribution in [0.25, 0.3) is 0 Å². The van der Waals surface area contributed by atoms with Crippen LogP contribution in [0.4, 0.5) is 13.2 Å². The van der Waals surface area contributed by atoms with Gasteiger partial charge in [-0.2, -0.15) is 13.2 Å². The van der Waals surface area contributed by atoms with Crippen LogP contribution in [0.3, 0.4) is 0 Å². The van der Waals surface area contributed by atoms with Gasteiger partial charge in [0.15, 0.2) is 0 Å². The molecule has 0 aliphatic carbocycles. The van der Waals surface area contributed by atoms with Crippen molar-refractivity contribution >= 4 is 41.4 Å². The number of rotatable bonds is 25. The Morgan fingerprint density at radius 2 is 0.509 bits per heavy atom. The van der Waals surface area contributed by atoms with E-state index < -0.39 is 80.8 Å². The van der Waals surface area contributed by atoms with Crippen LogP contribution in [0.1, 0.15) is 167 Å². The highest BCUT2D eigenvalue weighted by atomic mass is 19.4. The van der Waals surface area contributed by atoms with Gasteiger partial charge < -0.3 is 36.6 Å². The van der Waals surface area contributed by atoms with Crippen LogP contribution < -0.4 is 31.9 Å². The van der Waals surface area contributed by atoms with Gasteiger partial charge in [-0.1, -0.05) is 83.1 Å². The van der Waals surface area contributed by atoms with Crippen molar-refractivity contribution in [2.24, 2.45) is 0 Å². The van der Waals surface area contributed by atoms with E-state index in [0.717, 1.165) is 0 Å². The molecule has 17 heteroatoms. The minimum Gasteiger partial charge on any atom is -0.464 e. The van der Waals surface area contributed by atoms with Crippen molar-refractivity contribution < 1.29 is 51.5 Å². The van der Waals surface area contributed by atoms with E-state index in [0.29, 0.717) is 0 Å². The molecule has 0 spiro atoms. The van der Waals surface area contributed by atoms with Crippen LogP contribution >= 0.6 is 0 Å². The van der Waals surface area contributed by atoms with Gasteiger partial charge in [-0.15, -0.1) is 0 Å². The molecular formula is C40H71F3N6O8. The molecule has 0 aliphatic rings. The van der Waals surface area contributed by atoms with Gasteiger partial charge in [-0.05, 0) is 84.0 Å². The maximum absolute atomic E-state index is 14.5. The van der Waals surface area contributed by atoms with Gasteiger partial charge in [-0.25, -0.2) is 4.79 Å². The Balaban J connectivity index is 6.86. The largest absolute Gasteiger partial charge is 0.471 e. The lowest BCUT2D eigenvalue weighted by atomic mass is 9.82. The van der Waals surface area contributed by atoms with Crippen molar-refractivity contribution in [3.05, 3.63) is 0 Å². The minimum atomic E-state index is -5.25. The topological polar surface area (TPSA) is 201 Å². The average Bonchev–Trinajstić information content (AvgIpc) is 3.20. The first-order valence-corrected chi connectivity index (χ1v) is 20.7. The molecule has 0 rings (SSSR count). The lowest BCUT2D eigenvalue weighted by Crippen LogP contribution is -2.72. The number of ether oxygens (including phenoxy) is 1. The number of hydrogen-bond donors (Lipinski definition) is 6. The molecule has 0 radical (unpaired) electrons. The van der Waals surface area contributed by atoms with Crippen LogP contribution in [0.2, 0.25) is 0 Å². The molecule has 0 heterocycles. The first-order valence-electron chi connectivity index (χ1n) is 20.7. The summed E-state index contributed by atoms with van der Waals surface area (Å²) in [5, 5.41) is 15.9. The van der Waals surface area contributed by atoms with E-state index in [1.54, 1.807) is 76.2 Å². The number of nitrogens with one attached hydrogen (secondary N) is 6. The summed E-state index contributed by atoms with van der Waals surface area (Å²) in [6.45, 7) is 21.5. The second-order valence-electron chi connectivity index (χ2n) is 14.7. The second kappa shape index (κ2) is 21.7. The summed E-state index contributed by atoms with van der Waals surface area (Å²) in [5.74, 6) is -6.59. The lowest BCUT2D eigenvalue weighted by Gasteiger charge is -2.43. The second-order valence-corrected chi connectivity index (χ2v) is 14.7. The SMILES string of the molecule is CCOC(=O)C(CC)(CC)NC(=O)C(CC)(CC)NC(=O)C(CC)(CC)NC(=O)C(CC)(CC)NC(=O)C(CC)(CC)NC(=O)C(CC)(CC)NC(=O)C(F)(F)F. The minimum absolute atomic E-state index is 0.0229. The summed E-state index contributed by atoms with van der Waals surface area (Å²) >= 11 is 0. The molecule has 6 amide bonds. The predicted molar refractivity (Wildman–Crippen MR) is 211 cm³/mol. The standard InChI is InChI=1S/C40H71F3N6O8/c1-14-34(15-2,45-28(51)36(18-5,19-6)47-30(53)38(22-9,23-10)49-32(55)40(41,42)43)27(50)44-35(16-3,17-4)29(52)46-37(20-7,21-8)31(54)48-39(24-11,25-12)33(56)57-26-13/h14-26H2,1-13H3,(H,44,50)(H,45,51)(H,46,52)(H,47,53)(H,48,54)(H,49,55). The summed E-state index contributed by atoms with van der Waals surface area (Å²) in [7, 11) is 0. The third-order valence-corrected chi connectivity index (χ3v) is 12.5. The third-order valence-electron chi connectivity index (χ3n) is 12.5. The van der Waals surface area contributed by atoms with Gasteiger partial charge in [-0.3, -0.25) is 28.8 Å². The van der Waals surface area contributed by atoms with E-state index >= 15 is 0 Å². The van der Waals surface area contributed by atoms with Crippen molar-refractivity contribution in [1.82, 2.24) is 31.9 Å². The summed E-state index contributed by atoms with van der Waals surface area (Å²) in [5.41, 5.74) is -9.70. The Bertz CT molecular complexity index is 1400. The summed E-state index contributed by atoms with van der Waals surface area (Å²) < 4.78 is 45.0. The number of alkyl halides is 3. The highest BCUT2D eigenvalue weighted by Crippen LogP contribution is 2.29. The first-order chi connectivity index (χ1) is 26.5. The van der Waals surface area contributed by atoms with Gasteiger partial charge in [0.05, 0.1) is 6.61 Å². The summed E-state index contributed by atoms with van der Waals surface area (Å²) in [6, 6.07) is 0. The third kappa shape index (κ3) is 11.4. The van der Waals surface area contributed by atoms with Crippen molar-refractivity contribution in [2.45, 2.75) is 206 Å². The highest BCUT2D eigenvalue weighted by molar-refractivity contribution is 6.02. The van der Waals surface area contributed by atoms with E-state index in [2.05, 4.69) is 26.6 Å². The zero-order valence-corrected chi connectivity index (χ0v) is 36.6. The quantitative estimate of drug-likeness (QED) is 0.0679. The van der Waals surface area contributed by atoms with E-state index in [-0.39, 0.29) is 83.7 Å². The predicted octanol–water partition coefficient (Wildman–Crippen LogP) is 5.16. The monoisotopic (exact) mass is 821 g/mol. The number of amides is 6. The number of hydrogen-bond acceptors (Lipinski definition) is 8. The average molecular weight is 821 g/mol. The van der Waals surface area contributed by atoms with Gasteiger partial charge in [0.1, 0.15) is 33.2 Å². The molecule has 57 heavy (non-hydrogen) atoms. The maximum atomic E-state index is 14.5. The van der Waals surface area contributed by atoms with E-state index in [9.17, 15) is 46.7 Å². The number of esters is 1. The lowest BCUT2D eigenvalue weighted by molar-refractivity contribution is -0.176. The van der Waals surface area contributed by atoms with Gasteiger partial charge >= 0.3 is 18.1 Å². The van der Waals surface area contributed by atoms with Crippen LogP contribution in [-0.2, 0) is 38.3 Å². The molecule has 0 saturated heterocycles. The smallest absolute Gasteiger partial charge is 0.464 e. The number of halogens is 3. The highest BCUT2D eigenvalue weighted by Gasteiger charge is 2.52. The van der Waals surface area contributed by atoms with Gasteiger partial charge in [0, 0.05) is 0 Å². The number of carbonyl (C=O) groups is 7. The fraction of sp³-hybridized carbons (Fsp3) is 0.825. The molecule has 0 bridgehead atoms. The molecular weight excluding hydrogens is 749 g/mol. The van der Waals surface area contributed by atoms with Crippen LogP contribution in [0.5, 0.6) is 0 Å². The van der Waals surface area contributed by atoms with Crippen LogP contribution in [0, 0.1) is 0 Å². The molecule has 0 unspecified atom stereocenters. The van der Waals surface area contributed by atoms with Gasteiger partial charge in [0.25, 0.3) is 0 Å². The van der Waals surface area contributed by atoms with E-state index in [1.807, 2.05) is 5.32 Å². The zero-order valence-electron chi connectivity index (χ0n) is 36.6. The normalized spacial score (nSPS) is 12.9. The molecule has 0 aliphatic heterocycles. The molecule has 0 fully saturated rings. The molecule has 0 aromatic rings. The van der Waals surface area contributed by atoms with Crippen molar-refractivity contribution in [2.75, 3.05) is 6.61 Å². The molecule has 0 aromatic heterocycles. The molecule has 6 N–H and O–H groups in total. The maximum Gasteiger partial charge on any atom is 0.471 e. The zero-order chi connectivity index (χ0) is 44.7. The van der Waals surface area contributed by atoms with Crippen molar-refractivity contribution in [1.29, 1.82) is 0 Å². The molecule has 0 saturated carbocycles. The molecule has 14 nitrogen and oxygen atoms in total. The Morgan fingerprint density at radius 3 is 0.667 bits per heavy atom. The van der Waals surface area contributed by atoms with Crippen molar-refractivity contribution in [3.8, 4) is 0 Å². The first kappa shape index (κ1) is 53.1. The molecule has 330 valence electrons. The molecule has 0 aromatic carbocycles. The fourth-order valence-electron chi connectivity index (χ4n) is 7.03.